The lowest BCUT2D eigenvalue weighted by Gasteiger charge is -2.23. The molecule has 1 unspecified atom stereocenters. The summed E-state index contributed by atoms with van der Waals surface area (Å²) >= 11 is 5.94. The Morgan fingerprint density at radius 2 is 1.75 bits per heavy atom. The lowest BCUT2D eigenvalue weighted by atomic mass is 9.90. The summed E-state index contributed by atoms with van der Waals surface area (Å²) in [4.78, 5) is 0. The summed E-state index contributed by atoms with van der Waals surface area (Å²) in [5, 5.41) is 0.322. The van der Waals surface area contributed by atoms with Crippen molar-refractivity contribution in [3.05, 3.63) is 0 Å². The number of halogens is 1. The molecular formula is C7H15Cl. The van der Waals surface area contributed by atoms with Gasteiger partial charge in [-0.2, -0.15) is 0 Å². The first kappa shape index (κ1) is 8.29. The minimum absolute atomic E-state index is 0.274. The fourth-order valence-corrected chi connectivity index (χ4v) is 0.612. The molecule has 0 amide bonds. The van der Waals surface area contributed by atoms with Crippen LogP contribution < -0.4 is 0 Å². The van der Waals surface area contributed by atoms with Crippen LogP contribution in [0.5, 0.6) is 0 Å². The summed E-state index contributed by atoms with van der Waals surface area (Å²) in [6.07, 6.45) is 1.06. The zero-order valence-electron chi connectivity index (χ0n) is 6.16. The van der Waals surface area contributed by atoms with E-state index in [2.05, 4.69) is 27.7 Å². The van der Waals surface area contributed by atoms with Gasteiger partial charge in [-0.15, -0.1) is 11.6 Å². The Morgan fingerprint density at radius 1 is 1.38 bits per heavy atom. The highest BCUT2D eigenvalue weighted by Gasteiger charge is 2.19. The minimum Gasteiger partial charge on any atom is -0.122 e. The predicted molar refractivity (Wildman–Crippen MR) is 39.4 cm³/mol. The average molecular weight is 135 g/mol. The van der Waals surface area contributed by atoms with Gasteiger partial charge in [0.15, 0.2) is 0 Å². The highest BCUT2D eigenvalue weighted by Crippen LogP contribution is 2.26. The Balaban J connectivity index is 3.62. The molecule has 0 aliphatic heterocycles. The maximum atomic E-state index is 5.94. The third kappa shape index (κ3) is 2.56. The standard InChI is InChI=1S/C7H15Cl/c1-5-6(8)7(2,3)4/h6H,5H2,1-4H3. The van der Waals surface area contributed by atoms with Crippen LogP contribution in [0.3, 0.4) is 0 Å². The minimum atomic E-state index is 0.274. The van der Waals surface area contributed by atoms with E-state index in [4.69, 9.17) is 11.6 Å². The number of alkyl halides is 1. The van der Waals surface area contributed by atoms with Crippen molar-refractivity contribution in [3.63, 3.8) is 0 Å². The first-order valence-electron chi connectivity index (χ1n) is 3.12. The molecule has 8 heavy (non-hydrogen) atoms. The summed E-state index contributed by atoms with van der Waals surface area (Å²) < 4.78 is 0. The van der Waals surface area contributed by atoms with E-state index < -0.39 is 0 Å². The Kier molecular flexibility index (Phi) is 2.82. The fourth-order valence-electron chi connectivity index (χ4n) is 0.612. The Bertz CT molecular complexity index is 61.3. The van der Waals surface area contributed by atoms with Crippen molar-refractivity contribution >= 4 is 11.6 Å². The van der Waals surface area contributed by atoms with Crippen molar-refractivity contribution in [3.8, 4) is 0 Å². The summed E-state index contributed by atoms with van der Waals surface area (Å²) in [7, 11) is 0. The van der Waals surface area contributed by atoms with Gasteiger partial charge in [-0.1, -0.05) is 27.7 Å². The van der Waals surface area contributed by atoms with Crippen molar-refractivity contribution in [1.82, 2.24) is 0 Å². The molecule has 0 saturated heterocycles. The molecule has 0 heterocycles. The molecule has 0 spiro atoms. The van der Waals surface area contributed by atoms with Gasteiger partial charge in [0.25, 0.3) is 0 Å². The molecule has 0 aliphatic carbocycles. The van der Waals surface area contributed by atoms with E-state index in [9.17, 15) is 0 Å². The van der Waals surface area contributed by atoms with Gasteiger partial charge in [-0.25, -0.2) is 0 Å². The van der Waals surface area contributed by atoms with Crippen molar-refractivity contribution in [2.24, 2.45) is 5.41 Å². The Hall–Kier alpha value is 0.290. The van der Waals surface area contributed by atoms with E-state index in [-0.39, 0.29) is 5.41 Å². The molecule has 50 valence electrons. The summed E-state index contributed by atoms with van der Waals surface area (Å²) in [5.74, 6) is 0. The van der Waals surface area contributed by atoms with E-state index in [0.29, 0.717) is 5.38 Å². The number of hydrogen-bond acceptors (Lipinski definition) is 0. The molecule has 0 aromatic heterocycles. The predicted octanol–water partition coefficient (Wildman–Crippen LogP) is 3.05. The molecule has 1 heteroatoms. The molecular weight excluding hydrogens is 120 g/mol. The molecule has 0 aromatic carbocycles. The van der Waals surface area contributed by atoms with Crippen LogP contribution in [0.2, 0.25) is 0 Å². The van der Waals surface area contributed by atoms with Crippen LogP contribution in [0.1, 0.15) is 34.1 Å². The van der Waals surface area contributed by atoms with Crippen molar-refractivity contribution in [1.29, 1.82) is 0 Å². The monoisotopic (exact) mass is 134 g/mol. The van der Waals surface area contributed by atoms with E-state index in [1.807, 2.05) is 0 Å². The van der Waals surface area contributed by atoms with Crippen LogP contribution in [-0.4, -0.2) is 5.38 Å². The zero-order valence-corrected chi connectivity index (χ0v) is 6.92. The number of rotatable bonds is 1. The molecule has 0 nitrogen and oxygen atoms in total. The second kappa shape index (κ2) is 2.72. The van der Waals surface area contributed by atoms with E-state index in [1.54, 1.807) is 0 Å². The average Bonchev–Trinajstić information content (AvgIpc) is 1.62. The second-order valence-corrected chi connectivity index (χ2v) is 3.77. The third-order valence-corrected chi connectivity index (χ3v) is 2.26. The largest absolute Gasteiger partial charge is 0.122 e. The lowest BCUT2D eigenvalue weighted by molar-refractivity contribution is 0.381. The molecule has 0 aliphatic rings. The van der Waals surface area contributed by atoms with Crippen molar-refractivity contribution < 1.29 is 0 Å². The molecule has 0 N–H and O–H groups in total. The van der Waals surface area contributed by atoms with Crippen LogP contribution in [0.25, 0.3) is 0 Å². The van der Waals surface area contributed by atoms with Gasteiger partial charge in [0.05, 0.1) is 0 Å². The van der Waals surface area contributed by atoms with Crippen molar-refractivity contribution in [2.75, 3.05) is 0 Å². The van der Waals surface area contributed by atoms with E-state index >= 15 is 0 Å². The SMILES string of the molecule is CCC(Cl)C(C)(C)C. The molecule has 1 atom stereocenters. The van der Waals surface area contributed by atoms with Gasteiger partial charge in [0.1, 0.15) is 0 Å². The smallest absolute Gasteiger partial charge is 0.0381 e. The molecule has 0 radical (unpaired) electrons. The van der Waals surface area contributed by atoms with Gasteiger partial charge >= 0.3 is 0 Å². The first-order valence-corrected chi connectivity index (χ1v) is 3.56. The van der Waals surface area contributed by atoms with Crippen LogP contribution in [0.15, 0.2) is 0 Å². The topological polar surface area (TPSA) is 0 Å². The Morgan fingerprint density at radius 3 is 1.75 bits per heavy atom. The van der Waals surface area contributed by atoms with Gasteiger partial charge in [-0.3, -0.25) is 0 Å². The second-order valence-electron chi connectivity index (χ2n) is 3.24. The molecule has 0 saturated carbocycles. The summed E-state index contributed by atoms with van der Waals surface area (Å²) in [5.41, 5.74) is 0.274. The number of hydrogen-bond donors (Lipinski definition) is 0. The maximum absolute atomic E-state index is 5.94. The molecule has 0 bridgehead atoms. The lowest BCUT2D eigenvalue weighted by Crippen LogP contribution is -2.19. The maximum Gasteiger partial charge on any atom is 0.0381 e. The quantitative estimate of drug-likeness (QED) is 0.484. The summed E-state index contributed by atoms with van der Waals surface area (Å²) in [6, 6.07) is 0. The van der Waals surface area contributed by atoms with Gasteiger partial charge < -0.3 is 0 Å². The third-order valence-electron chi connectivity index (χ3n) is 1.30. The van der Waals surface area contributed by atoms with Crippen LogP contribution in [0.4, 0.5) is 0 Å². The van der Waals surface area contributed by atoms with E-state index in [0.717, 1.165) is 6.42 Å². The van der Waals surface area contributed by atoms with Crippen LogP contribution in [0, 0.1) is 5.41 Å². The molecule has 0 aromatic rings. The summed E-state index contributed by atoms with van der Waals surface area (Å²) in [6.45, 7) is 8.60. The van der Waals surface area contributed by atoms with Gasteiger partial charge in [-0.05, 0) is 11.8 Å². The fraction of sp³-hybridized carbons (Fsp3) is 1.00. The highest BCUT2D eigenvalue weighted by atomic mass is 35.5. The van der Waals surface area contributed by atoms with Crippen LogP contribution >= 0.6 is 11.6 Å². The van der Waals surface area contributed by atoms with E-state index in [1.165, 1.54) is 0 Å². The Labute approximate surface area is 57.2 Å². The molecule has 0 rings (SSSR count). The van der Waals surface area contributed by atoms with Gasteiger partial charge in [0.2, 0.25) is 0 Å². The van der Waals surface area contributed by atoms with Gasteiger partial charge in [0, 0.05) is 5.38 Å². The first-order chi connectivity index (χ1) is 3.48. The normalized spacial score (nSPS) is 16.1. The van der Waals surface area contributed by atoms with Crippen LogP contribution in [-0.2, 0) is 0 Å². The zero-order chi connectivity index (χ0) is 6.78. The highest BCUT2D eigenvalue weighted by molar-refractivity contribution is 6.21. The van der Waals surface area contributed by atoms with Crippen molar-refractivity contribution in [2.45, 2.75) is 39.5 Å². The molecule has 0 fully saturated rings.